The van der Waals surface area contributed by atoms with Gasteiger partial charge in [0.25, 0.3) is 0 Å². The predicted molar refractivity (Wildman–Crippen MR) is 45.6 cm³/mol. The summed E-state index contributed by atoms with van der Waals surface area (Å²) < 4.78 is 35.5. The second kappa shape index (κ2) is 3.53. The summed E-state index contributed by atoms with van der Waals surface area (Å²) in [6, 6.07) is 0. The topological polar surface area (TPSA) is 43.1 Å². The van der Waals surface area contributed by atoms with Gasteiger partial charge in [-0.2, -0.15) is 13.2 Å². The first kappa shape index (κ1) is 11.5. The number of rotatable bonds is 4. The monoisotopic (exact) mass is 209 g/mol. The summed E-state index contributed by atoms with van der Waals surface area (Å²) in [5.41, 5.74) is 4.63. The van der Waals surface area contributed by atoms with Gasteiger partial charge in [-0.1, -0.05) is 0 Å². The second-order valence-electron chi connectivity index (χ2n) is 4.10. The molecule has 0 bridgehead atoms. The van der Waals surface area contributed by atoms with Crippen molar-refractivity contribution in [3.63, 3.8) is 0 Å². The summed E-state index contributed by atoms with van der Waals surface area (Å²) in [5, 5.41) is 0. The summed E-state index contributed by atoms with van der Waals surface area (Å²) in [5.74, 6) is -0.388. The van der Waals surface area contributed by atoms with Crippen molar-refractivity contribution in [2.24, 2.45) is 11.7 Å². The molecule has 1 saturated carbocycles. The van der Waals surface area contributed by atoms with Gasteiger partial charge in [0.05, 0.1) is 12.0 Å². The molecule has 0 radical (unpaired) electrons. The number of hydrogen-bond donors (Lipinski definition) is 1. The highest BCUT2D eigenvalue weighted by Crippen LogP contribution is 2.39. The molecule has 2 N–H and O–H groups in total. The summed E-state index contributed by atoms with van der Waals surface area (Å²) in [7, 11) is 0. The second-order valence-corrected chi connectivity index (χ2v) is 4.10. The number of carbonyl (C=O) groups is 1. The van der Waals surface area contributed by atoms with Crippen molar-refractivity contribution in [2.75, 3.05) is 0 Å². The van der Waals surface area contributed by atoms with Gasteiger partial charge in [0.15, 0.2) is 5.78 Å². The van der Waals surface area contributed by atoms with E-state index in [1.165, 1.54) is 6.92 Å². The molecule has 0 spiro atoms. The van der Waals surface area contributed by atoms with E-state index in [-0.39, 0.29) is 5.92 Å². The molecular weight excluding hydrogens is 195 g/mol. The minimum absolute atomic E-state index is 0.0863. The van der Waals surface area contributed by atoms with Crippen LogP contribution in [0.1, 0.15) is 32.6 Å². The van der Waals surface area contributed by atoms with E-state index in [2.05, 4.69) is 0 Å². The zero-order valence-corrected chi connectivity index (χ0v) is 8.03. The van der Waals surface area contributed by atoms with Gasteiger partial charge >= 0.3 is 6.18 Å². The minimum Gasteiger partial charge on any atom is -0.319 e. The first-order chi connectivity index (χ1) is 6.23. The van der Waals surface area contributed by atoms with Crippen molar-refractivity contribution in [2.45, 2.75) is 44.3 Å². The number of ketones is 1. The van der Waals surface area contributed by atoms with Crippen molar-refractivity contribution in [3.8, 4) is 0 Å². The molecule has 1 aliphatic carbocycles. The van der Waals surface area contributed by atoms with E-state index in [0.717, 1.165) is 12.8 Å². The fourth-order valence-corrected chi connectivity index (χ4v) is 1.44. The Hall–Kier alpha value is -0.580. The van der Waals surface area contributed by atoms with Gasteiger partial charge in [-0.15, -0.1) is 0 Å². The quantitative estimate of drug-likeness (QED) is 0.769. The highest BCUT2D eigenvalue weighted by Gasteiger charge is 2.44. The van der Waals surface area contributed by atoms with Crippen LogP contribution in [0, 0.1) is 5.92 Å². The van der Waals surface area contributed by atoms with Gasteiger partial charge in [0.1, 0.15) is 0 Å². The normalized spacial score (nSPS) is 21.8. The Labute approximate surface area is 80.7 Å². The van der Waals surface area contributed by atoms with Gasteiger partial charge < -0.3 is 5.73 Å². The largest absolute Gasteiger partial charge is 0.389 e. The van der Waals surface area contributed by atoms with Crippen molar-refractivity contribution in [1.29, 1.82) is 0 Å². The minimum atomic E-state index is -4.27. The van der Waals surface area contributed by atoms with E-state index in [4.69, 9.17) is 5.73 Å². The molecule has 0 aliphatic heterocycles. The van der Waals surface area contributed by atoms with Crippen LogP contribution in [-0.2, 0) is 4.79 Å². The maximum atomic E-state index is 11.8. The number of Topliss-reactive ketones (excluding diaryl/α,β-unsaturated/α-hetero) is 1. The highest BCUT2D eigenvalue weighted by molar-refractivity contribution is 5.88. The Morgan fingerprint density at radius 2 is 1.93 bits per heavy atom. The van der Waals surface area contributed by atoms with Crippen LogP contribution in [-0.4, -0.2) is 17.5 Å². The zero-order valence-electron chi connectivity index (χ0n) is 8.03. The maximum absolute atomic E-state index is 11.8. The molecule has 0 amide bonds. The van der Waals surface area contributed by atoms with E-state index in [1.54, 1.807) is 0 Å². The molecule has 1 unspecified atom stereocenters. The highest BCUT2D eigenvalue weighted by atomic mass is 19.4. The first-order valence-electron chi connectivity index (χ1n) is 4.62. The molecule has 14 heavy (non-hydrogen) atoms. The molecule has 0 aromatic carbocycles. The van der Waals surface area contributed by atoms with Gasteiger partial charge in [-0.25, -0.2) is 0 Å². The lowest BCUT2D eigenvalue weighted by molar-refractivity contribution is -0.145. The Kier molecular flexibility index (Phi) is 2.90. The summed E-state index contributed by atoms with van der Waals surface area (Å²) in [6.45, 7) is 1.53. The summed E-state index contributed by atoms with van der Waals surface area (Å²) >= 11 is 0. The van der Waals surface area contributed by atoms with Gasteiger partial charge in [0, 0.05) is 6.42 Å². The Morgan fingerprint density at radius 3 is 2.29 bits per heavy atom. The van der Waals surface area contributed by atoms with Gasteiger partial charge in [-0.3, -0.25) is 4.79 Å². The van der Waals surface area contributed by atoms with Crippen LogP contribution in [0.5, 0.6) is 0 Å². The van der Waals surface area contributed by atoms with Crippen LogP contribution in [0.25, 0.3) is 0 Å². The lowest BCUT2D eigenvalue weighted by Gasteiger charge is -2.22. The molecular formula is C9H14F3NO. The Bertz CT molecular complexity index is 231. The third-order valence-corrected chi connectivity index (χ3v) is 2.66. The number of halogens is 3. The first-order valence-corrected chi connectivity index (χ1v) is 4.62. The van der Waals surface area contributed by atoms with Gasteiger partial charge in [0.2, 0.25) is 0 Å². The van der Waals surface area contributed by atoms with Crippen LogP contribution < -0.4 is 5.73 Å². The third kappa shape index (κ3) is 2.97. The average molecular weight is 209 g/mol. The fourth-order valence-electron chi connectivity index (χ4n) is 1.44. The van der Waals surface area contributed by atoms with E-state index in [1.807, 2.05) is 0 Å². The molecule has 1 atom stereocenters. The molecule has 0 heterocycles. The van der Waals surface area contributed by atoms with Gasteiger partial charge in [-0.05, 0) is 25.7 Å². The Morgan fingerprint density at radius 1 is 1.43 bits per heavy atom. The summed E-state index contributed by atoms with van der Waals surface area (Å²) in [4.78, 5) is 11.4. The predicted octanol–water partition coefficient (Wildman–Crippen LogP) is 2.03. The molecule has 5 heteroatoms. The van der Waals surface area contributed by atoms with Crippen LogP contribution in [0.2, 0.25) is 0 Å². The smallest absolute Gasteiger partial charge is 0.319 e. The van der Waals surface area contributed by atoms with Crippen LogP contribution >= 0.6 is 0 Å². The van der Waals surface area contributed by atoms with Crippen LogP contribution in [0.4, 0.5) is 13.2 Å². The van der Waals surface area contributed by atoms with E-state index >= 15 is 0 Å². The van der Waals surface area contributed by atoms with E-state index < -0.39 is 30.3 Å². The maximum Gasteiger partial charge on any atom is 0.389 e. The number of carbonyl (C=O) groups excluding carboxylic acids is 1. The van der Waals surface area contributed by atoms with Crippen molar-refractivity contribution in [1.82, 2.24) is 0 Å². The molecule has 1 aliphatic rings. The molecule has 2 nitrogen and oxygen atoms in total. The number of alkyl halides is 3. The number of hydrogen-bond acceptors (Lipinski definition) is 2. The summed E-state index contributed by atoms with van der Waals surface area (Å²) in [6.07, 6.45) is -4.12. The third-order valence-electron chi connectivity index (χ3n) is 2.66. The van der Waals surface area contributed by atoms with Crippen molar-refractivity contribution >= 4 is 5.78 Å². The number of nitrogens with two attached hydrogens (primary N) is 1. The van der Waals surface area contributed by atoms with E-state index in [9.17, 15) is 18.0 Å². The van der Waals surface area contributed by atoms with E-state index in [0.29, 0.717) is 0 Å². The lowest BCUT2D eigenvalue weighted by Crippen LogP contribution is -2.47. The zero-order chi connectivity index (χ0) is 11.0. The molecule has 82 valence electrons. The molecule has 0 aromatic heterocycles. The Balaban J connectivity index is 2.41. The molecule has 1 rings (SSSR count). The SMILES string of the molecule is CC(N)(C(=O)CCC(F)(F)F)C1CC1. The average Bonchev–Trinajstić information content (AvgIpc) is 2.80. The fraction of sp³-hybridized carbons (Fsp3) is 0.889. The van der Waals surface area contributed by atoms with Crippen molar-refractivity contribution in [3.05, 3.63) is 0 Å². The lowest BCUT2D eigenvalue weighted by atomic mass is 9.89. The van der Waals surface area contributed by atoms with Crippen LogP contribution in [0.3, 0.4) is 0 Å². The molecule has 0 aromatic rings. The molecule has 0 saturated heterocycles. The van der Waals surface area contributed by atoms with Crippen LogP contribution in [0.15, 0.2) is 0 Å². The standard InChI is InChI=1S/C9H14F3NO/c1-8(13,6-2-3-6)7(14)4-5-9(10,11)12/h6H,2-5,13H2,1H3. The van der Waals surface area contributed by atoms with Crippen molar-refractivity contribution < 1.29 is 18.0 Å². The molecule has 1 fully saturated rings.